The average molecular weight is 276 g/mol. The minimum Gasteiger partial charge on any atom is -0.306 e. The van der Waals surface area contributed by atoms with Crippen LogP contribution in [0.3, 0.4) is 0 Å². The number of aromatic nitrogens is 2. The van der Waals surface area contributed by atoms with Crippen LogP contribution in [0.4, 0.5) is 0 Å². The number of nitrogens with zero attached hydrogens (tertiary/aromatic N) is 1. The van der Waals surface area contributed by atoms with Crippen LogP contribution in [0.2, 0.25) is 0 Å². The summed E-state index contributed by atoms with van der Waals surface area (Å²) >= 11 is 0. The molecule has 3 aromatic rings. The molecular weight excluding hydrogens is 260 g/mol. The molecule has 0 aliphatic heterocycles. The first-order chi connectivity index (χ1) is 10.1. The molecule has 0 saturated carbocycles. The van der Waals surface area contributed by atoms with Gasteiger partial charge >= 0.3 is 0 Å². The lowest BCUT2D eigenvalue weighted by Gasteiger charge is -2.10. The molecular formula is C18H16N2O. The first-order valence-electron chi connectivity index (χ1n) is 6.88. The van der Waals surface area contributed by atoms with E-state index in [4.69, 9.17) is 0 Å². The number of aryl methyl sites for hydroxylation is 2. The standard InChI is InChI=1S/C18H16N2O/c1-12-7-6-8-13(2)17(12)18-19-15(11-16(21)20-18)14-9-4-3-5-10-14/h3-11H,1-2H3,(H,19,20,21). The predicted molar refractivity (Wildman–Crippen MR) is 85.2 cm³/mol. The second-order valence-electron chi connectivity index (χ2n) is 5.11. The molecule has 1 N–H and O–H groups in total. The molecule has 0 aliphatic rings. The Morgan fingerprint density at radius 1 is 0.905 bits per heavy atom. The van der Waals surface area contributed by atoms with Crippen molar-refractivity contribution >= 4 is 0 Å². The smallest absolute Gasteiger partial charge is 0.251 e. The highest BCUT2D eigenvalue weighted by Gasteiger charge is 2.10. The van der Waals surface area contributed by atoms with Crippen molar-refractivity contribution < 1.29 is 0 Å². The molecule has 1 aromatic heterocycles. The highest BCUT2D eigenvalue weighted by molar-refractivity contribution is 5.67. The third-order valence-corrected chi connectivity index (χ3v) is 3.53. The highest BCUT2D eigenvalue weighted by atomic mass is 16.1. The van der Waals surface area contributed by atoms with Gasteiger partial charge in [-0.15, -0.1) is 0 Å². The van der Waals surface area contributed by atoms with Crippen LogP contribution in [0.15, 0.2) is 59.4 Å². The van der Waals surface area contributed by atoms with Crippen molar-refractivity contribution in [2.75, 3.05) is 0 Å². The fourth-order valence-corrected chi connectivity index (χ4v) is 2.52. The third kappa shape index (κ3) is 2.63. The predicted octanol–water partition coefficient (Wildman–Crippen LogP) is 3.72. The van der Waals surface area contributed by atoms with Crippen LogP contribution in [0.1, 0.15) is 11.1 Å². The molecule has 0 saturated heterocycles. The van der Waals surface area contributed by atoms with E-state index in [1.807, 2.05) is 62.4 Å². The summed E-state index contributed by atoms with van der Waals surface area (Å²) in [5.74, 6) is 0.622. The lowest BCUT2D eigenvalue weighted by Crippen LogP contribution is -2.09. The normalized spacial score (nSPS) is 10.6. The van der Waals surface area contributed by atoms with E-state index >= 15 is 0 Å². The molecule has 0 aliphatic carbocycles. The molecule has 1 heterocycles. The van der Waals surface area contributed by atoms with E-state index in [9.17, 15) is 4.79 Å². The molecule has 0 unspecified atom stereocenters. The van der Waals surface area contributed by atoms with Gasteiger partial charge in [0.25, 0.3) is 5.56 Å². The van der Waals surface area contributed by atoms with Gasteiger partial charge < -0.3 is 4.98 Å². The average Bonchev–Trinajstić information content (AvgIpc) is 2.47. The Kier molecular flexibility index (Phi) is 3.40. The number of benzene rings is 2. The largest absolute Gasteiger partial charge is 0.306 e. The van der Waals surface area contributed by atoms with Gasteiger partial charge in [-0.25, -0.2) is 4.98 Å². The van der Waals surface area contributed by atoms with E-state index < -0.39 is 0 Å². The van der Waals surface area contributed by atoms with Crippen molar-refractivity contribution in [1.29, 1.82) is 0 Å². The van der Waals surface area contributed by atoms with Gasteiger partial charge in [-0.2, -0.15) is 0 Å². The molecule has 0 amide bonds. The van der Waals surface area contributed by atoms with Crippen LogP contribution < -0.4 is 5.56 Å². The Morgan fingerprint density at radius 2 is 1.57 bits per heavy atom. The van der Waals surface area contributed by atoms with E-state index in [0.29, 0.717) is 11.5 Å². The molecule has 2 aromatic carbocycles. The van der Waals surface area contributed by atoms with Crippen molar-refractivity contribution in [1.82, 2.24) is 9.97 Å². The second kappa shape index (κ2) is 5.37. The Hall–Kier alpha value is -2.68. The molecule has 3 nitrogen and oxygen atoms in total. The van der Waals surface area contributed by atoms with Crippen LogP contribution in [-0.2, 0) is 0 Å². The highest BCUT2D eigenvalue weighted by Crippen LogP contribution is 2.25. The van der Waals surface area contributed by atoms with E-state index in [-0.39, 0.29) is 5.56 Å². The number of hydrogen-bond acceptors (Lipinski definition) is 2. The second-order valence-corrected chi connectivity index (χ2v) is 5.11. The summed E-state index contributed by atoms with van der Waals surface area (Å²) in [6, 6.07) is 17.3. The lowest BCUT2D eigenvalue weighted by atomic mass is 10.0. The Labute approximate surface area is 123 Å². The van der Waals surface area contributed by atoms with Gasteiger partial charge in [0.1, 0.15) is 5.82 Å². The van der Waals surface area contributed by atoms with Crippen molar-refractivity contribution in [3.05, 3.63) is 76.1 Å². The molecule has 0 atom stereocenters. The topological polar surface area (TPSA) is 45.8 Å². The minimum absolute atomic E-state index is 0.137. The first-order valence-corrected chi connectivity index (χ1v) is 6.88. The van der Waals surface area contributed by atoms with Gasteiger partial charge in [-0.3, -0.25) is 4.79 Å². The molecule has 104 valence electrons. The van der Waals surface area contributed by atoms with Crippen molar-refractivity contribution in [3.63, 3.8) is 0 Å². The zero-order valence-electron chi connectivity index (χ0n) is 12.1. The maximum Gasteiger partial charge on any atom is 0.251 e. The lowest BCUT2D eigenvalue weighted by molar-refractivity contribution is 1.12. The third-order valence-electron chi connectivity index (χ3n) is 3.53. The van der Waals surface area contributed by atoms with Crippen LogP contribution in [0.5, 0.6) is 0 Å². The van der Waals surface area contributed by atoms with Gasteiger partial charge in [-0.05, 0) is 25.0 Å². The summed E-state index contributed by atoms with van der Waals surface area (Å²) in [6.07, 6.45) is 0. The van der Waals surface area contributed by atoms with Gasteiger partial charge in [0.2, 0.25) is 0 Å². The Bertz CT molecular complexity index is 815. The van der Waals surface area contributed by atoms with Crippen molar-refractivity contribution in [2.24, 2.45) is 0 Å². The summed E-state index contributed by atoms with van der Waals surface area (Å²) < 4.78 is 0. The van der Waals surface area contributed by atoms with Crippen LogP contribution in [0.25, 0.3) is 22.6 Å². The molecule has 3 heteroatoms. The SMILES string of the molecule is Cc1cccc(C)c1-c1nc(-c2ccccc2)cc(=O)[nH]1. The minimum atomic E-state index is -0.137. The van der Waals surface area contributed by atoms with Crippen LogP contribution >= 0.6 is 0 Å². The van der Waals surface area contributed by atoms with Gasteiger partial charge in [-0.1, -0.05) is 48.5 Å². The number of aromatic amines is 1. The monoisotopic (exact) mass is 276 g/mol. The van der Waals surface area contributed by atoms with E-state index in [0.717, 1.165) is 22.3 Å². The zero-order valence-corrected chi connectivity index (χ0v) is 12.1. The fraction of sp³-hybridized carbons (Fsp3) is 0.111. The number of H-pyrrole nitrogens is 1. The molecule has 21 heavy (non-hydrogen) atoms. The maximum absolute atomic E-state index is 12.0. The molecule has 0 fully saturated rings. The molecule has 0 radical (unpaired) electrons. The van der Waals surface area contributed by atoms with Crippen LogP contribution in [0, 0.1) is 13.8 Å². The number of rotatable bonds is 2. The van der Waals surface area contributed by atoms with E-state index in [1.54, 1.807) is 0 Å². The zero-order chi connectivity index (χ0) is 14.8. The Morgan fingerprint density at radius 3 is 2.24 bits per heavy atom. The Balaban J connectivity index is 2.22. The number of nitrogens with one attached hydrogen (secondary N) is 1. The number of hydrogen-bond donors (Lipinski definition) is 1. The first kappa shape index (κ1) is 13.3. The van der Waals surface area contributed by atoms with Crippen molar-refractivity contribution in [3.8, 4) is 22.6 Å². The molecule has 0 bridgehead atoms. The summed E-state index contributed by atoms with van der Waals surface area (Å²) in [4.78, 5) is 19.5. The quantitative estimate of drug-likeness (QED) is 0.775. The summed E-state index contributed by atoms with van der Waals surface area (Å²) in [7, 11) is 0. The van der Waals surface area contributed by atoms with Crippen LogP contribution in [-0.4, -0.2) is 9.97 Å². The van der Waals surface area contributed by atoms with E-state index in [2.05, 4.69) is 9.97 Å². The van der Waals surface area contributed by atoms with Crippen molar-refractivity contribution in [2.45, 2.75) is 13.8 Å². The molecule has 3 rings (SSSR count). The van der Waals surface area contributed by atoms with Gasteiger partial charge in [0.05, 0.1) is 5.69 Å². The maximum atomic E-state index is 12.0. The summed E-state index contributed by atoms with van der Waals surface area (Å²) in [6.45, 7) is 4.05. The molecule has 0 spiro atoms. The van der Waals surface area contributed by atoms with Gasteiger partial charge in [0.15, 0.2) is 0 Å². The summed E-state index contributed by atoms with van der Waals surface area (Å²) in [5.41, 5.74) is 4.69. The fourth-order valence-electron chi connectivity index (χ4n) is 2.52. The summed E-state index contributed by atoms with van der Waals surface area (Å²) in [5, 5.41) is 0. The van der Waals surface area contributed by atoms with E-state index in [1.165, 1.54) is 6.07 Å². The van der Waals surface area contributed by atoms with Gasteiger partial charge in [0, 0.05) is 17.2 Å².